The first-order chi connectivity index (χ1) is 12.7. The molecule has 4 nitrogen and oxygen atoms in total. The molecule has 1 saturated heterocycles. The molecule has 3 rings (SSSR count). The lowest BCUT2D eigenvalue weighted by molar-refractivity contribution is -0.122. The zero-order valence-electron chi connectivity index (χ0n) is 14.4. The summed E-state index contributed by atoms with van der Waals surface area (Å²) in [5, 5.41) is 0.644. The van der Waals surface area contributed by atoms with Crippen LogP contribution in [0.5, 0.6) is 0 Å². The molecule has 0 bridgehead atoms. The summed E-state index contributed by atoms with van der Waals surface area (Å²) in [6.45, 7) is 1.11. The maximum absolute atomic E-state index is 13.1. The van der Waals surface area contributed by atoms with Crippen LogP contribution in [0.2, 0.25) is 0 Å². The van der Waals surface area contributed by atoms with Gasteiger partial charge in [0.1, 0.15) is 5.82 Å². The van der Waals surface area contributed by atoms with E-state index >= 15 is 0 Å². The fourth-order valence-corrected chi connectivity index (χ4v) is 3.50. The highest BCUT2D eigenvalue weighted by Crippen LogP contribution is 2.34. The lowest BCUT2D eigenvalue weighted by Gasteiger charge is -2.15. The minimum Gasteiger partial charge on any atom is -0.385 e. The zero-order chi connectivity index (χ0) is 18.4. The van der Waals surface area contributed by atoms with Crippen molar-refractivity contribution in [1.82, 2.24) is 4.90 Å². The van der Waals surface area contributed by atoms with E-state index < -0.39 is 0 Å². The Balaban J connectivity index is 1.88. The van der Waals surface area contributed by atoms with Gasteiger partial charge in [0.15, 0.2) is 5.17 Å². The van der Waals surface area contributed by atoms with Crippen molar-refractivity contribution < 1.29 is 13.9 Å². The summed E-state index contributed by atoms with van der Waals surface area (Å²) in [6, 6.07) is 15.6. The number of ether oxygens (including phenoxy) is 1. The Bertz CT molecular complexity index is 819. The van der Waals surface area contributed by atoms with Gasteiger partial charge < -0.3 is 4.74 Å². The van der Waals surface area contributed by atoms with Crippen molar-refractivity contribution in [3.05, 3.63) is 70.9 Å². The third-order valence-electron chi connectivity index (χ3n) is 3.77. The van der Waals surface area contributed by atoms with E-state index in [-0.39, 0.29) is 11.7 Å². The predicted octanol–water partition coefficient (Wildman–Crippen LogP) is 4.47. The standard InChI is InChI=1S/C20H19FN2O2S/c1-25-13-5-12-23-19(24)18(14-15-8-10-16(21)11-9-15)26-20(23)22-17-6-3-2-4-7-17/h2-4,6-11,14H,5,12-13H2,1H3/b18-14-,22-20?. The molecular weight excluding hydrogens is 351 g/mol. The predicted molar refractivity (Wildman–Crippen MR) is 104 cm³/mol. The highest BCUT2D eigenvalue weighted by atomic mass is 32.2. The van der Waals surface area contributed by atoms with Gasteiger partial charge in [-0.1, -0.05) is 30.3 Å². The van der Waals surface area contributed by atoms with Crippen LogP contribution >= 0.6 is 11.8 Å². The minimum atomic E-state index is -0.301. The topological polar surface area (TPSA) is 41.9 Å². The molecule has 0 spiro atoms. The number of amidine groups is 1. The van der Waals surface area contributed by atoms with E-state index in [0.717, 1.165) is 17.7 Å². The van der Waals surface area contributed by atoms with Gasteiger partial charge in [-0.2, -0.15) is 0 Å². The van der Waals surface area contributed by atoms with Crippen LogP contribution in [0.4, 0.5) is 10.1 Å². The fraction of sp³-hybridized carbons (Fsp3) is 0.200. The second-order valence-corrected chi connectivity index (χ2v) is 6.70. The summed E-state index contributed by atoms with van der Waals surface area (Å²) in [6.07, 6.45) is 2.49. The number of para-hydroxylation sites is 1. The van der Waals surface area contributed by atoms with Crippen molar-refractivity contribution in [2.45, 2.75) is 6.42 Å². The van der Waals surface area contributed by atoms with Gasteiger partial charge >= 0.3 is 0 Å². The summed E-state index contributed by atoms with van der Waals surface area (Å²) in [4.78, 5) is 19.7. The monoisotopic (exact) mass is 370 g/mol. The van der Waals surface area contributed by atoms with Crippen molar-refractivity contribution in [3.63, 3.8) is 0 Å². The molecule has 6 heteroatoms. The van der Waals surface area contributed by atoms with Crippen molar-refractivity contribution in [2.24, 2.45) is 4.99 Å². The maximum Gasteiger partial charge on any atom is 0.266 e. The highest BCUT2D eigenvalue weighted by molar-refractivity contribution is 8.18. The van der Waals surface area contributed by atoms with Crippen LogP contribution in [0.3, 0.4) is 0 Å². The van der Waals surface area contributed by atoms with Gasteiger partial charge in [0, 0.05) is 20.3 Å². The van der Waals surface area contributed by atoms with Crippen LogP contribution in [0.25, 0.3) is 6.08 Å². The van der Waals surface area contributed by atoms with E-state index in [9.17, 15) is 9.18 Å². The number of nitrogens with zero attached hydrogens (tertiary/aromatic N) is 2. The first-order valence-electron chi connectivity index (χ1n) is 8.27. The van der Waals surface area contributed by atoms with Gasteiger partial charge in [-0.05, 0) is 54.1 Å². The quantitative estimate of drug-likeness (QED) is 0.557. The van der Waals surface area contributed by atoms with Gasteiger partial charge in [0.05, 0.1) is 10.6 Å². The highest BCUT2D eigenvalue weighted by Gasteiger charge is 2.32. The Morgan fingerprint density at radius 2 is 1.88 bits per heavy atom. The number of carbonyl (C=O) groups excluding carboxylic acids is 1. The summed E-state index contributed by atoms with van der Waals surface area (Å²) in [7, 11) is 1.64. The summed E-state index contributed by atoms with van der Waals surface area (Å²) in [5.41, 5.74) is 1.57. The molecule has 1 aliphatic rings. The van der Waals surface area contributed by atoms with Crippen LogP contribution < -0.4 is 0 Å². The minimum absolute atomic E-state index is 0.0925. The zero-order valence-corrected chi connectivity index (χ0v) is 15.2. The number of methoxy groups -OCH3 is 1. The number of hydrogen-bond acceptors (Lipinski definition) is 4. The van der Waals surface area contributed by atoms with Gasteiger partial charge in [-0.25, -0.2) is 9.38 Å². The number of halogens is 1. The number of rotatable bonds is 6. The molecule has 1 heterocycles. The normalized spacial score (nSPS) is 17.5. The van der Waals surface area contributed by atoms with E-state index in [1.54, 1.807) is 30.2 Å². The molecule has 0 saturated carbocycles. The first kappa shape index (κ1) is 18.4. The molecule has 0 radical (unpaired) electrons. The molecule has 26 heavy (non-hydrogen) atoms. The second-order valence-electron chi connectivity index (χ2n) is 5.70. The molecule has 134 valence electrons. The van der Waals surface area contributed by atoms with Crippen molar-refractivity contribution in [2.75, 3.05) is 20.3 Å². The van der Waals surface area contributed by atoms with Gasteiger partial charge in [-0.15, -0.1) is 0 Å². The Morgan fingerprint density at radius 1 is 1.15 bits per heavy atom. The smallest absolute Gasteiger partial charge is 0.266 e. The average Bonchev–Trinajstić information content (AvgIpc) is 2.93. The van der Waals surface area contributed by atoms with Crippen molar-refractivity contribution >= 4 is 34.6 Å². The third-order valence-corrected chi connectivity index (χ3v) is 4.77. The number of amides is 1. The second kappa shape index (κ2) is 8.78. The molecule has 0 unspecified atom stereocenters. The van der Waals surface area contributed by atoms with Gasteiger partial charge in [0.25, 0.3) is 5.91 Å². The molecule has 0 N–H and O–H groups in total. The molecule has 1 amide bonds. The summed E-state index contributed by atoms with van der Waals surface area (Å²) >= 11 is 1.33. The largest absolute Gasteiger partial charge is 0.385 e. The molecule has 0 aromatic heterocycles. The van der Waals surface area contributed by atoms with Crippen molar-refractivity contribution in [3.8, 4) is 0 Å². The van der Waals surface area contributed by atoms with Crippen LogP contribution in [0, 0.1) is 5.82 Å². The Kier molecular flexibility index (Phi) is 6.20. The average molecular weight is 370 g/mol. The lowest BCUT2D eigenvalue weighted by Crippen LogP contribution is -2.30. The maximum atomic E-state index is 13.1. The molecule has 0 aliphatic carbocycles. The van der Waals surface area contributed by atoms with E-state index in [4.69, 9.17) is 4.74 Å². The number of benzene rings is 2. The van der Waals surface area contributed by atoms with Gasteiger partial charge in [-0.3, -0.25) is 9.69 Å². The molecule has 1 aliphatic heterocycles. The van der Waals surface area contributed by atoms with E-state index in [2.05, 4.69) is 4.99 Å². The van der Waals surface area contributed by atoms with Crippen molar-refractivity contribution in [1.29, 1.82) is 0 Å². The summed E-state index contributed by atoms with van der Waals surface area (Å²) in [5.74, 6) is -0.393. The van der Waals surface area contributed by atoms with Crippen LogP contribution in [0.15, 0.2) is 64.5 Å². The fourth-order valence-electron chi connectivity index (χ4n) is 2.48. The molecular formula is C20H19FN2O2S. The van der Waals surface area contributed by atoms with Gasteiger partial charge in [0.2, 0.25) is 0 Å². The third kappa shape index (κ3) is 4.59. The Hall–Kier alpha value is -2.44. The van der Waals surface area contributed by atoms with E-state index in [1.807, 2.05) is 30.3 Å². The SMILES string of the molecule is COCCCN1C(=O)/C(=C/c2ccc(F)cc2)SC1=Nc1ccccc1. The number of carbonyl (C=O) groups is 1. The van der Waals surface area contributed by atoms with E-state index in [0.29, 0.717) is 23.2 Å². The van der Waals surface area contributed by atoms with Crippen LogP contribution in [0.1, 0.15) is 12.0 Å². The van der Waals surface area contributed by atoms with Crippen LogP contribution in [-0.2, 0) is 9.53 Å². The summed E-state index contributed by atoms with van der Waals surface area (Å²) < 4.78 is 18.2. The number of thioether (sulfide) groups is 1. The molecule has 2 aromatic rings. The first-order valence-corrected chi connectivity index (χ1v) is 9.08. The van der Waals surface area contributed by atoms with E-state index in [1.165, 1.54) is 23.9 Å². The Morgan fingerprint density at radius 3 is 2.58 bits per heavy atom. The number of hydrogen-bond donors (Lipinski definition) is 0. The Labute approximate surface area is 156 Å². The molecule has 0 atom stereocenters. The van der Waals surface area contributed by atoms with Crippen LogP contribution in [-0.4, -0.2) is 36.2 Å². The molecule has 2 aromatic carbocycles. The lowest BCUT2D eigenvalue weighted by atomic mass is 10.2. The molecule has 1 fully saturated rings. The number of aliphatic imine (C=N–C) groups is 1.